The molecule has 1 rings (SSSR count). The van der Waals surface area contributed by atoms with Crippen LogP contribution in [0, 0.1) is 0 Å². The molecule has 1 atom stereocenters. The molecule has 0 bridgehead atoms. The van der Waals surface area contributed by atoms with Crippen molar-refractivity contribution in [2.45, 2.75) is 12.2 Å². The predicted molar refractivity (Wildman–Crippen MR) is 53.3 cm³/mol. The molecule has 0 fully saturated rings. The minimum absolute atomic E-state index is 0.396. The number of anilines is 1. The zero-order valence-electron chi connectivity index (χ0n) is 7.71. The average Bonchev–Trinajstić information content (AvgIpc) is 2.17. The average molecular weight is 216 g/mol. The molecule has 1 heterocycles. The van der Waals surface area contributed by atoms with Gasteiger partial charge in [0.15, 0.2) is 0 Å². The Morgan fingerprint density at radius 2 is 2.36 bits per heavy atom. The van der Waals surface area contributed by atoms with Crippen LogP contribution in [0.5, 0.6) is 0 Å². The number of nitrogens with zero attached hydrogens (tertiary/aromatic N) is 1. The van der Waals surface area contributed by atoms with Crippen molar-refractivity contribution >= 4 is 15.7 Å². The van der Waals surface area contributed by atoms with E-state index >= 15 is 0 Å². The lowest BCUT2D eigenvalue weighted by Crippen LogP contribution is -2.28. The summed E-state index contributed by atoms with van der Waals surface area (Å²) >= 11 is 0. The van der Waals surface area contributed by atoms with E-state index in [0.717, 1.165) is 0 Å². The van der Waals surface area contributed by atoms with Gasteiger partial charge >= 0.3 is 0 Å². The van der Waals surface area contributed by atoms with Gasteiger partial charge in [-0.25, -0.2) is 8.42 Å². The molecule has 0 aliphatic heterocycles. The molecule has 0 saturated carbocycles. The second-order valence-electron chi connectivity index (χ2n) is 2.88. The Kier molecular flexibility index (Phi) is 3.43. The van der Waals surface area contributed by atoms with E-state index in [2.05, 4.69) is 9.71 Å². The highest BCUT2D eigenvalue weighted by Gasteiger charge is 2.19. The Hall–Kier alpha value is -1.14. The van der Waals surface area contributed by atoms with Crippen LogP contribution in [0.1, 0.15) is 6.92 Å². The molecule has 0 aliphatic rings. The van der Waals surface area contributed by atoms with Crippen molar-refractivity contribution in [2.75, 3.05) is 11.3 Å². The molecule has 0 spiro atoms. The van der Waals surface area contributed by atoms with Crippen molar-refractivity contribution in [2.24, 2.45) is 0 Å². The fourth-order valence-electron chi connectivity index (χ4n) is 0.786. The van der Waals surface area contributed by atoms with Gasteiger partial charge in [-0.05, 0) is 19.1 Å². The largest absolute Gasteiger partial charge is 0.395 e. The lowest BCUT2D eigenvalue weighted by atomic mass is 10.4. The number of aliphatic hydroxyl groups is 1. The van der Waals surface area contributed by atoms with E-state index in [1.807, 2.05) is 0 Å². The third kappa shape index (κ3) is 2.68. The Morgan fingerprint density at radius 3 is 2.86 bits per heavy atom. The minimum Gasteiger partial charge on any atom is -0.395 e. The molecule has 1 aromatic rings. The Bertz CT molecular complexity index is 377. The number of sulfonamides is 1. The van der Waals surface area contributed by atoms with E-state index in [0.29, 0.717) is 5.69 Å². The number of pyridine rings is 1. The normalized spacial score (nSPS) is 13.6. The van der Waals surface area contributed by atoms with E-state index in [1.165, 1.54) is 13.1 Å². The maximum atomic E-state index is 11.4. The lowest BCUT2D eigenvalue weighted by molar-refractivity contribution is 0.296. The second kappa shape index (κ2) is 4.39. The van der Waals surface area contributed by atoms with Crippen molar-refractivity contribution in [3.05, 3.63) is 24.5 Å². The molecule has 14 heavy (non-hydrogen) atoms. The maximum absolute atomic E-state index is 11.4. The molecule has 5 nitrogen and oxygen atoms in total. The van der Waals surface area contributed by atoms with Gasteiger partial charge in [-0.3, -0.25) is 9.71 Å². The summed E-state index contributed by atoms with van der Waals surface area (Å²) in [6, 6.07) is 3.22. The first-order valence-electron chi connectivity index (χ1n) is 4.09. The van der Waals surface area contributed by atoms with Crippen LogP contribution in [0.15, 0.2) is 24.5 Å². The molecule has 6 heteroatoms. The van der Waals surface area contributed by atoms with E-state index in [-0.39, 0.29) is 0 Å². The first-order valence-corrected chi connectivity index (χ1v) is 5.63. The molecule has 78 valence electrons. The summed E-state index contributed by atoms with van der Waals surface area (Å²) in [5, 5.41) is 7.88. The van der Waals surface area contributed by atoms with E-state index < -0.39 is 21.9 Å². The molecule has 1 unspecified atom stereocenters. The van der Waals surface area contributed by atoms with Gasteiger partial charge in [-0.2, -0.15) is 0 Å². The van der Waals surface area contributed by atoms with Crippen LogP contribution in [0.3, 0.4) is 0 Å². The summed E-state index contributed by atoms with van der Waals surface area (Å²) in [6.07, 6.45) is 2.95. The highest BCUT2D eigenvalue weighted by Crippen LogP contribution is 2.09. The number of hydrogen-bond acceptors (Lipinski definition) is 4. The van der Waals surface area contributed by atoms with E-state index in [1.54, 1.807) is 18.3 Å². The number of nitrogens with one attached hydrogen (secondary N) is 1. The van der Waals surface area contributed by atoms with Crippen LogP contribution in [0.25, 0.3) is 0 Å². The third-order valence-electron chi connectivity index (χ3n) is 1.71. The number of rotatable bonds is 4. The van der Waals surface area contributed by atoms with Crippen molar-refractivity contribution < 1.29 is 13.5 Å². The van der Waals surface area contributed by atoms with Crippen LogP contribution < -0.4 is 4.72 Å². The van der Waals surface area contributed by atoms with Gasteiger partial charge in [0, 0.05) is 6.20 Å². The fraction of sp³-hybridized carbons (Fsp3) is 0.375. The van der Waals surface area contributed by atoms with Gasteiger partial charge in [0.25, 0.3) is 0 Å². The van der Waals surface area contributed by atoms with E-state index in [9.17, 15) is 8.42 Å². The van der Waals surface area contributed by atoms with Crippen LogP contribution >= 0.6 is 0 Å². The van der Waals surface area contributed by atoms with Crippen LogP contribution in [-0.4, -0.2) is 30.4 Å². The smallest absolute Gasteiger partial charge is 0.237 e. The lowest BCUT2D eigenvalue weighted by Gasteiger charge is -2.11. The van der Waals surface area contributed by atoms with Crippen molar-refractivity contribution in [1.29, 1.82) is 0 Å². The summed E-state index contributed by atoms with van der Waals surface area (Å²) in [4.78, 5) is 3.76. The summed E-state index contributed by atoms with van der Waals surface area (Å²) in [5.74, 6) is 0. The van der Waals surface area contributed by atoms with Crippen LogP contribution in [0.2, 0.25) is 0 Å². The Morgan fingerprint density at radius 1 is 1.64 bits per heavy atom. The molecule has 0 amide bonds. The molecule has 1 aromatic heterocycles. The second-order valence-corrected chi connectivity index (χ2v) is 4.98. The first-order chi connectivity index (χ1) is 6.56. The van der Waals surface area contributed by atoms with Gasteiger partial charge in [-0.15, -0.1) is 0 Å². The van der Waals surface area contributed by atoms with E-state index in [4.69, 9.17) is 5.11 Å². The fourth-order valence-corrected chi connectivity index (χ4v) is 1.63. The van der Waals surface area contributed by atoms with Crippen molar-refractivity contribution in [1.82, 2.24) is 4.98 Å². The van der Waals surface area contributed by atoms with Gasteiger partial charge in [-0.1, -0.05) is 0 Å². The predicted octanol–water partition coefficient (Wildman–Crippen LogP) is 0.204. The quantitative estimate of drug-likeness (QED) is 0.753. The highest BCUT2D eigenvalue weighted by molar-refractivity contribution is 7.93. The summed E-state index contributed by atoms with van der Waals surface area (Å²) in [5.41, 5.74) is 0.396. The van der Waals surface area contributed by atoms with Crippen molar-refractivity contribution in [3.8, 4) is 0 Å². The molecule has 0 radical (unpaired) electrons. The highest BCUT2D eigenvalue weighted by atomic mass is 32.2. The summed E-state index contributed by atoms with van der Waals surface area (Å²) in [7, 11) is -3.50. The zero-order chi connectivity index (χ0) is 10.6. The SMILES string of the molecule is CC(CO)S(=O)(=O)Nc1cccnc1. The molecular weight excluding hydrogens is 204 g/mol. The number of aliphatic hydroxyl groups excluding tert-OH is 1. The van der Waals surface area contributed by atoms with Crippen molar-refractivity contribution in [3.63, 3.8) is 0 Å². The van der Waals surface area contributed by atoms with Gasteiger partial charge in [0.05, 0.1) is 18.5 Å². The Labute approximate surface area is 82.9 Å². The molecule has 2 N–H and O–H groups in total. The zero-order valence-corrected chi connectivity index (χ0v) is 8.53. The minimum atomic E-state index is -3.50. The van der Waals surface area contributed by atoms with Gasteiger partial charge in [0.2, 0.25) is 10.0 Å². The Balaban J connectivity index is 2.79. The first kappa shape index (κ1) is 10.9. The number of hydrogen-bond donors (Lipinski definition) is 2. The molecule has 0 aromatic carbocycles. The summed E-state index contributed by atoms with van der Waals surface area (Å²) < 4.78 is 25.2. The van der Waals surface area contributed by atoms with Gasteiger partial charge in [0.1, 0.15) is 5.25 Å². The third-order valence-corrected chi connectivity index (χ3v) is 3.44. The molecule has 0 aliphatic carbocycles. The van der Waals surface area contributed by atoms with Crippen LogP contribution in [-0.2, 0) is 10.0 Å². The van der Waals surface area contributed by atoms with Gasteiger partial charge < -0.3 is 5.11 Å². The number of aromatic nitrogens is 1. The molecular formula is C8H12N2O3S. The summed E-state index contributed by atoms with van der Waals surface area (Å²) in [6.45, 7) is 1.02. The monoisotopic (exact) mass is 216 g/mol. The molecule has 0 saturated heterocycles. The topological polar surface area (TPSA) is 79.3 Å². The van der Waals surface area contributed by atoms with Crippen LogP contribution in [0.4, 0.5) is 5.69 Å². The standard InChI is InChI=1S/C8H12N2O3S/c1-7(6-11)14(12,13)10-8-3-2-4-9-5-8/h2-5,7,10-11H,6H2,1H3. The maximum Gasteiger partial charge on any atom is 0.237 e.